The summed E-state index contributed by atoms with van der Waals surface area (Å²) < 4.78 is 0. The van der Waals surface area contributed by atoms with Gasteiger partial charge in [0.25, 0.3) is 0 Å². The first-order valence-corrected chi connectivity index (χ1v) is 6.66. The topological polar surface area (TPSA) is 12.0 Å². The van der Waals surface area contributed by atoms with E-state index in [9.17, 15) is 0 Å². The second-order valence-electron chi connectivity index (χ2n) is 7.82. The molecule has 1 N–H and O–H groups in total. The van der Waals surface area contributed by atoms with Crippen LogP contribution in [0.3, 0.4) is 0 Å². The Kier molecular flexibility index (Phi) is 5.75. The molecule has 17 heavy (non-hydrogen) atoms. The fraction of sp³-hybridized carbons (Fsp3) is 0.875. The van der Waals surface area contributed by atoms with Crippen molar-refractivity contribution in [2.45, 2.75) is 73.8 Å². The predicted molar refractivity (Wildman–Crippen MR) is 78.0 cm³/mol. The molecule has 0 bridgehead atoms. The standard InChI is InChI=1S/C16H31N/c1-14(2,3)10-9-11-16(7,8)12-13-17-15(4,5)6/h17H,11-13H2,1-8H3. The van der Waals surface area contributed by atoms with Gasteiger partial charge in [-0.25, -0.2) is 0 Å². The van der Waals surface area contributed by atoms with E-state index in [0.29, 0.717) is 5.41 Å². The molecule has 0 amide bonds. The summed E-state index contributed by atoms with van der Waals surface area (Å²) >= 11 is 0. The minimum atomic E-state index is 0.125. The maximum absolute atomic E-state index is 3.54. The summed E-state index contributed by atoms with van der Waals surface area (Å²) in [7, 11) is 0. The van der Waals surface area contributed by atoms with Crippen molar-refractivity contribution in [1.82, 2.24) is 5.32 Å². The Hall–Kier alpha value is -0.480. The lowest BCUT2D eigenvalue weighted by Gasteiger charge is -2.26. The molecule has 0 rings (SSSR count). The number of rotatable bonds is 4. The molecule has 0 aromatic rings. The molecule has 0 aliphatic carbocycles. The van der Waals surface area contributed by atoms with Gasteiger partial charge in [0.1, 0.15) is 0 Å². The summed E-state index contributed by atoms with van der Waals surface area (Å²) in [5.41, 5.74) is 0.642. The van der Waals surface area contributed by atoms with Gasteiger partial charge in [-0.15, -0.1) is 5.92 Å². The molecule has 0 aromatic carbocycles. The molecule has 0 unspecified atom stereocenters. The van der Waals surface area contributed by atoms with E-state index in [4.69, 9.17) is 0 Å². The third kappa shape index (κ3) is 11.8. The van der Waals surface area contributed by atoms with Gasteiger partial charge >= 0.3 is 0 Å². The normalized spacial score (nSPS) is 13.2. The highest BCUT2D eigenvalue weighted by Gasteiger charge is 2.18. The van der Waals surface area contributed by atoms with E-state index < -0.39 is 0 Å². The second-order valence-corrected chi connectivity index (χ2v) is 7.82. The van der Waals surface area contributed by atoms with Crippen molar-refractivity contribution >= 4 is 0 Å². The lowest BCUT2D eigenvalue weighted by Crippen LogP contribution is -2.37. The zero-order valence-electron chi connectivity index (χ0n) is 13.1. The molecule has 0 aromatic heterocycles. The Bertz CT molecular complexity index is 275. The van der Waals surface area contributed by atoms with E-state index in [1.54, 1.807) is 0 Å². The number of hydrogen-bond donors (Lipinski definition) is 1. The first-order chi connectivity index (χ1) is 7.41. The molecule has 0 spiro atoms. The van der Waals surface area contributed by atoms with Gasteiger partial charge in [-0.05, 0) is 59.9 Å². The van der Waals surface area contributed by atoms with Gasteiger partial charge in [-0.2, -0.15) is 0 Å². The Morgan fingerprint density at radius 1 is 0.882 bits per heavy atom. The van der Waals surface area contributed by atoms with Crippen LogP contribution in [0.15, 0.2) is 0 Å². The summed E-state index contributed by atoms with van der Waals surface area (Å²) in [6, 6.07) is 0. The molecule has 0 aliphatic heterocycles. The van der Waals surface area contributed by atoms with Crippen LogP contribution in [0, 0.1) is 22.7 Å². The zero-order valence-corrected chi connectivity index (χ0v) is 13.1. The lowest BCUT2D eigenvalue weighted by atomic mass is 9.85. The van der Waals surface area contributed by atoms with E-state index in [0.717, 1.165) is 13.0 Å². The number of hydrogen-bond acceptors (Lipinski definition) is 1. The first-order valence-electron chi connectivity index (χ1n) is 6.66. The Labute approximate surface area is 109 Å². The van der Waals surface area contributed by atoms with Crippen LogP contribution in [0.5, 0.6) is 0 Å². The molecule has 0 saturated heterocycles. The summed E-state index contributed by atoms with van der Waals surface area (Å²) in [6.07, 6.45) is 2.15. The summed E-state index contributed by atoms with van der Waals surface area (Å²) in [5.74, 6) is 6.65. The smallest absolute Gasteiger partial charge is 0.0230 e. The van der Waals surface area contributed by atoms with E-state index in [2.05, 4.69) is 72.5 Å². The van der Waals surface area contributed by atoms with E-state index >= 15 is 0 Å². The summed E-state index contributed by atoms with van der Waals surface area (Å²) in [6.45, 7) is 18.8. The monoisotopic (exact) mass is 237 g/mol. The molecule has 100 valence electrons. The van der Waals surface area contributed by atoms with E-state index in [1.165, 1.54) is 6.42 Å². The molecule has 0 fully saturated rings. The predicted octanol–water partition coefficient (Wildman–Crippen LogP) is 4.23. The van der Waals surface area contributed by atoms with Gasteiger partial charge < -0.3 is 5.32 Å². The first kappa shape index (κ1) is 16.5. The molecule has 0 saturated carbocycles. The van der Waals surface area contributed by atoms with Crippen molar-refractivity contribution in [3.05, 3.63) is 0 Å². The van der Waals surface area contributed by atoms with Crippen LogP contribution >= 0.6 is 0 Å². The van der Waals surface area contributed by atoms with Crippen molar-refractivity contribution in [1.29, 1.82) is 0 Å². The van der Waals surface area contributed by atoms with Crippen molar-refractivity contribution < 1.29 is 0 Å². The van der Waals surface area contributed by atoms with Crippen LogP contribution in [0.4, 0.5) is 0 Å². The highest BCUT2D eigenvalue weighted by atomic mass is 14.9. The number of nitrogens with one attached hydrogen (secondary N) is 1. The fourth-order valence-corrected chi connectivity index (χ4v) is 1.41. The SMILES string of the molecule is CC(C)(C)C#CCC(C)(C)CCNC(C)(C)C. The highest BCUT2D eigenvalue weighted by Crippen LogP contribution is 2.24. The molecule has 0 heterocycles. The van der Waals surface area contributed by atoms with Crippen LogP contribution in [-0.2, 0) is 0 Å². The van der Waals surface area contributed by atoms with Gasteiger partial charge in [0.2, 0.25) is 0 Å². The van der Waals surface area contributed by atoms with Crippen LogP contribution in [-0.4, -0.2) is 12.1 Å². The average molecular weight is 237 g/mol. The fourth-order valence-electron chi connectivity index (χ4n) is 1.41. The van der Waals surface area contributed by atoms with Gasteiger partial charge in [0.05, 0.1) is 0 Å². The van der Waals surface area contributed by atoms with Gasteiger partial charge in [-0.1, -0.05) is 19.8 Å². The molecular weight excluding hydrogens is 206 g/mol. The summed E-state index contributed by atoms with van der Waals surface area (Å²) in [5, 5.41) is 3.54. The minimum absolute atomic E-state index is 0.125. The molecule has 1 heteroatoms. The van der Waals surface area contributed by atoms with E-state index in [-0.39, 0.29) is 11.0 Å². The molecule has 0 aliphatic rings. The minimum Gasteiger partial charge on any atom is -0.312 e. The van der Waals surface area contributed by atoms with Crippen LogP contribution < -0.4 is 5.32 Å². The molecule has 1 nitrogen and oxygen atoms in total. The lowest BCUT2D eigenvalue weighted by molar-refractivity contribution is 0.310. The maximum Gasteiger partial charge on any atom is 0.0230 e. The Balaban J connectivity index is 4.08. The Morgan fingerprint density at radius 3 is 1.82 bits per heavy atom. The van der Waals surface area contributed by atoms with E-state index in [1.807, 2.05) is 0 Å². The molecule has 0 atom stereocenters. The zero-order chi connectivity index (χ0) is 13.7. The molecular formula is C16H31N. The van der Waals surface area contributed by atoms with Gasteiger partial charge in [0, 0.05) is 17.4 Å². The van der Waals surface area contributed by atoms with Crippen molar-refractivity contribution in [3.63, 3.8) is 0 Å². The van der Waals surface area contributed by atoms with Crippen molar-refractivity contribution in [3.8, 4) is 11.8 Å². The van der Waals surface area contributed by atoms with Crippen molar-refractivity contribution in [2.24, 2.45) is 10.8 Å². The second kappa shape index (κ2) is 5.91. The third-order valence-electron chi connectivity index (χ3n) is 2.49. The summed E-state index contributed by atoms with van der Waals surface area (Å²) in [4.78, 5) is 0. The van der Waals surface area contributed by atoms with Gasteiger partial charge in [0.15, 0.2) is 0 Å². The van der Waals surface area contributed by atoms with Crippen LogP contribution in [0.25, 0.3) is 0 Å². The van der Waals surface area contributed by atoms with Gasteiger partial charge in [-0.3, -0.25) is 0 Å². The average Bonchev–Trinajstić information content (AvgIpc) is 1.96. The maximum atomic E-state index is 3.54. The molecule has 0 radical (unpaired) electrons. The quantitative estimate of drug-likeness (QED) is 0.722. The Morgan fingerprint density at radius 2 is 1.41 bits per heavy atom. The highest BCUT2D eigenvalue weighted by molar-refractivity contribution is 5.08. The van der Waals surface area contributed by atoms with Crippen molar-refractivity contribution in [2.75, 3.05) is 6.54 Å². The van der Waals surface area contributed by atoms with Crippen LogP contribution in [0.2, 0.25) is 0 Å². The largest absolute Gasteiger partial charge is 0.312 e. The van der Waals surface area contributed by atoms with Crippen LogP contribution in [0.1, 0.15) is 68.2 Å². The third-order valence-corrected chi connectivity index (χ3v) is 2.49.